The number of ether oxygens (including phenoxy) is 1. The lowest BCUT2D eigenvalue weighted by atomic mass is 10.0. The second-order valence-electron chi connectivity index (χ2n) is 8.04. The molecule has 0 saturated heterocycles. The third-order valence-electron chi connectivity index (χ3n) is 5.33. The molecule has 11 heteroatoms. The van der Waals surface area contributed by atoms with Crippen LogP contribution < -0.4 is 10.1 Å². The van der Waals surface area contributed by atoms with Gasteiger partial charge in [0.2, 0.25) is 5.88 Å². The van der Waals surface area contributed by atoms with Crippen molar-refractivity contribution in [1.29, 1.82) is 0 Å². The Labute approximate surface area is 216 Å². The molecule has 4 rings (SSSR count). The molecule has 0 aliphatic heterocycles. The van der Waals surface area contributed by atoms with Crippen LogP contribution in [-0.2, 0) is 19.0 Å². The van der Waals surface area contributed by atoms with Crippen molar-refractivity contribution >= 4 is 66.3 Å². The lowest BCUT2D eigenvalue weighted by Gasteiger charge is -2.23. The average Bonchev–Trinajstić information content (AvgIpc) is 3.24. The van der Waals surface area contributed by atoms with E-state index in [4.69, 9.17) is 32.1 Å². The van der Waals surface area contributed by atoms with Gasteiger partial charge in [0.25, 0.3) is 16.0 Å². The number of pyridine rings is 1. The second-order valence-corrected chi connectivity index (χ2v) is 12.3. The molecular formula is C24H20Cl2N2O5S2. The minimum absolute atomic E-state index is 0.327. The van der Waals surface area contributed by atoms with E-state index in [-0.39, 0.29) is 5.91 Å². The van der Waals surface area contributed by atoms with Crippen LogP contribution >= 0.6 is 34.5 Å². The van der Waals surface area contributed by atoms with Crippen LogP contribution in [0.5, 0.6) is 11.6 Å². The molecule has 7 nitrogen and oxygen atoms in total. The molecule has 0 unspecified atom stereocenters. The Morgan fingerprint density at radius 2 is 1.80 bits per heavy atom. The number of anilines is 1. The van der Waals surface area contributed by atoms with Gasteiger partial charge in [-0.2, -0.15) is 8.42 Å². The van der Waals surface area contributed by atoms with Crippen molar-refractivity contribution in [1.82, 2.24) is 4.98 Å². The SMILES string of the molecule is COS(=O)(=O)C(C)(C)c1ccc2sc(C(=O)Nc3cc(Cl)cc(Oc4ccc(Cl)cn4)c3)cc2c1. The summed E-state index contributed by atoms with van der Waals surface area (Å²) < 4.78 is 34.7. The molecule has 2 aromatic heterocycles. The topological polar surface area (TPSA) is 94.6 Å². The first-order valence-electron chi connectivity index (χ1n) is 10.2. The van der Waals surface area contributed by atoms with Crippen molar-refractivity contribution < 1.29 is 22.1 Å². The Morgan fingerprint density at radius 3 is 2.49 bits per heavy atom. The van der Waals surface area contributed by atoms with Crippen LogP contribution in [0, 0.1) is 0 Å². The van der Waals surface area contributed by atoms with E-state index in [9.17, 15) is 13.2 Å². The quantitative estimate of drug-likeness (QED) is 0.252. The smallest absolute Gasteiger partial charge is 0.276 e. The maximum Gasteiger partial charge on any atom is 0.276 e. The molecule has 2 heterocycles. The van der Waals surface area contributed by atoms with Gasteiger partial charge in [0.05, 0.1) is 17.0 Å². The van der Waals surface area contributed by atoms with E-state index in [2.05, 4.69) is 10.3 Å². The molecule has 1 amide bonds. The van der Waals surface area contributed by atoms with Crippen LogP contribution in [0.1, 0.15) is 29.1 Å². The van der Waals surface area contributed by atoms with Crippen molar-refractivity contribution in [3.63, 3.8) is 0 Å². The maximum atomic E-state index is 13.0. The van der Waals surface area contributed by atoms with Crippen molar-refractivity contribution in [2.24, 2.45) is 0 Å². The lowest BCUT2D eigenvalue weighted by molar-refractivity contribution is 0.103. The number of carbonyl (C=O) groups is 1. The van der Waals surface area contributed by atoms with Crippen LogP contribution in [0.4, 0.5) is 5.69 Å². The first-order valence-corrected chi connectivity index (χ1v) is 13.2. The Bertz CT molecular complexity index is 1520. The van der Waals surface area contributed by atoms with Crippen LogP contribution in [0.25, 0.3) is 10.1 Å². The zero-order valence-electron chi connectivity index (χ0n) is 18.8. The van der Waals surface area contributed by atoms with E-state index in [1.165, 1.54) is 17.5 Å². The number of hydrogen-bond donors (Lipinski definition) is 1. The summed E-state index contributed by atoms with van der Waals surface area (Å²) >= 11 is 13.4. The normalized spacial score (nSPS) is 12.0. The summed E-state index contributed by atoms with van der Waals surface area (Å²) in [6.07, 6.45) is 1.46. The van der Waals surface area contributed by atoms with E-state index in [1.54, 1.807) is 68.4 Å². The minimum Gasteiger partial charge on any atom is -0.439 e. The van der Waals surface area contributed by atoms with Gasteiger partial charge in [-0.3, -0.25) is 8.98 Å². The fourth-order valence-electron chi connectivity index (χ4n) is 3.31. The molecule has 0 aliphatic rings. The van der Waals surface area contributed by atoms with E-state index in [0.29, 0.717) is 37.8 Å². The third kappa shape index (κ3) is 5.44. The summed E-state index contributed by atoms with van der Waals surface area (Å²) in [5.74, 6) is 0.382. The second kappa shape index (κ2) is 9.75. The van der Waals surface area contributed by atoms with Crippen molar-refractivity contribution in [3.8, 4) is 11.6 Å². The highest BCUT2D eigenvalue weighted by Crippen LogP contribution is 2.35. The maximum absolute atomic E-state index is 13.0. The van der Waals surface area contributed by atoms with Gasteiger partial charge in [0, 0.05) is 33.7 Å². The highest BCUT2D eigenvalue weighted by molar-refractivity contribution is 7.87. The molecule has 0 radical (unpaired) electrons. The van der Waals surface area contributed by atoms with Crippen LogP contribution in [0.3, 0.4) is 0 Å². The van der Waals surface area contributed by atoms with Gasteiger partial charge in [0.1, 0.15) is 10.5 Å². The molecule has 0 bridgehead atoms. The van der Waals surface area contributed by atoms with Crippen LogP contribution in [0.2, 0.25) is 10.0 Å². The Hall–Kier alpha value is -2.69. The summed E-state index contributed by atoms with van der Waals surface area (Å²) in [4.78, 5) is 17.5. The van der Waals surface area contributed by atoms with E-state index >= 15 is 0 Å². The molecular weight excluding hydrogens is 531 g/mol. The first-order chi connectivity index (χ1) is 16.5. The van der Waals surface area contributed by atoms with Gasteiger partial charge >= 0.3 is 0 Å². The zero-order chi connectivity index (χ0) is 25.4. The molecule has 4 aromatic rings. The van der Waals surface area contributed by atoms with Gasteiger partial charge < -0.3 is 10.1 Å². The molecule has 182 valence electrons. The number of nitrogens with zero attached hydrogens (tertiary/aromatic N) is 1. The largest absolute Gasteiger partial charge is 0.439 e. The average molecular weight is 551 g/mol. The number of thiophene rings is 1. The standard InChI is InChI=1S/C24H20Cl2N2O5S2/c1-24(2,35(30,31)32-3)15-4-6-20-14(8-15)9-21(34-20)23(29)28-18-10-17(26)11-19(12-18)33-22-7-5-16(25)13-27-22/h4-13H,1-3H3,(H,28,29). The summed E-state index contributed by atoms with van der Waals surface area (Å²) in [5.41, 5.74) is 1.00. The molecule has 0 atom stereocenters. The Morgan fingerprint density at radius 1 is 1.03 bits per heavy atom. The summed E-state index contributed by atoms with van der Waals surface area (Å²) in [6.45, 7) is 3.15. The monoisotopic (exact) mass is 550 g/mol. The molecule has 35 heavy (non-hydrogen) atoms. The predicted octanol–water partition coefficient (Wildman–Crippen LogP) is 6.86. The predicted molar refractivity (Wildman–Crippen MR) is 140 cm³/mol. The Balaban J connectivity index is 1.57. The first kappa shape index (κ1) is 25.4. The summed E-state index contributed by atoms with van der Waals surface area (Å²) in [6, 6.07) is 15.1. The number of halogens is 2. The molecule has 0 fully saturated rings. The number of rotatable bonds is 7. The molecule has 0 saturated carbocycles. The number of aromatic nitrogens is 1. The van der Waals surface area contributed by atoms with Gasteiger partial charge in [-0.05, 0) is 61.2 Å². The fourth-order valence-corrected chi connectivity index (χ4v) is 5.42. The molecule has 0 aliphatic carbocycles. The van der Waals surface area contributed by atoms with Gasteiger partial charge in [-0.15, -0.1) is 11.3 Å². The number of carbonyl (C=O) groups excluding carboxylic acids is 1. The molecule has 1 N–H and O–H groups in total. The minimum atomic E-state index is -3.81. The number of nitrogens with one attached hydrogen (secondary N) is 1. The molecule has 2 aromatic carbocycles. The van der Waals surface area contributed by atoms with Crippen molar-refractivity contribution in [2.75, 3.05) is 12.4 Å². The lowest BCUT2D eigenvalue weighted by Crippen LogP contribution is -2.30. The Kier molecular flexibility index (Phi) is 7.08. The van der Waals surface area contributed by atoms with Gasteiger partial charge in [0.15, 0.2) is 0 Å². The van der Waals surface area contributed by atoms with E-state index in [1.807, 2.05) is 0 Å². The van der Waals surface area contributed by atoms with Crippen LogP contribution in [0.15, 0.2) is 60.8 Å². The van der Waals surface area contributed by atoms with E-state index < -0.39 is 14.9 Å². The fraction of sp³-hybridized carbons (Fsp3) is 0.167. The number of hydrogen-bond acceptors (Lipinski definition) is 7. The zero-order valence-corrected chi connectivity index (χ0v) is 22.0. The van der Waals surface area contributed by atoms with Crippen molar-refractivity contribution in [2.45, 2.75) is 18.6 Å². The molecule has 0 spiro atoms. The van der Waals surface area contributed by atoms with E-state index in [0.717, 1.165) is 17.2 Å². The number of benzene rings is 2. The van der Waals surface area contributed by atoms with Gasteiger partial charge in [-0.25, -0.2) is 4.98 Å². The number of amides is 1. The van der Waals surface area contributed by atoms with Crippen LogP contribution in [-0.4, -0.2) is 26.4 Å². The highest BCUT2D eigenvalue weighted by Gasteiger charge is 2.36. The third-order valence-corrected chi connectivity index (χ3v) is 8.81. The van der Waals surface area contributed by atoms with Crippen molar-refractivity contribution in [3.05, 3.63) is 81.3 Å². The number of fused-ring (bicyclic) bond motifs is 1. The summed E-state index contributed by atoms with van der Waals surface area (Å²) in [7, 11) is -2.67. The summed E-state index contributed by atoms with van der Waals surface area (Å²) in [5, 5.41) is 4.43. The van der Waals surface area contributed by atoms with Gasteiger partial charge in [-0.1, -0.05) is 29.3 Å². The highest BCUT2D eigenvalue weighted by atomic mass is 35.5.